The van der Waals surface area contributed by atoms with Crippen molar-refractivity contribution in [2.24, 2.45) is 0 Å². The molecular formula is C36H28BF3N2. The second-order valence-electron chi connectivity index (χ2n) is 11.6. The maximum Gasteiger partial charge on any atom is 0.252 e. The molecule has 5 aromatic carbocycles. The van der Waals surface area contributed by atoms with E-state index in [1.165, 1.54) is 49.1 Å². The molecule has 3 aliphatic rings. The minimum absolute atomic E-state index is 0.314. The van der Waals surface area contributed by atoms with Crippen LogP contribution in [-0.4, -0.2) is 6.71 Å². The second-order valence-corrected chi connectivity index (χ2v) is 11.6. The first kappa shape index (κ1) is 25.3. The Morgan fingerprint density at radius 3 is 1.62 bits per heavy atom. The van der Waals surface area contributed by atoms with Crippen LogP contribution in [0.25, 0.3) is 0 Å². The van der Waals surface area contributed by atoms with E-state index in [0.29, 0.717) is 5.92 Å². The zero-order valence-corrected chi connectivity index (χ0v) is 23.0. The van der Waals surface area contributed by atoms with Crippen molar-refractivity contribution in [2.45, 2.75) is 38.0 Å². The summed E-state index contributed by atoms with van der Waals surface area (Å²) in [6.07, 6.45) is 5.92. The molecule has 0 atom stereocenters. The summed E-state index contributed by atoms with van der Waals surface area (Å²) in [5.74, 6) is -0.564. The van der Waals surface area contributed by atoms with E-state index in [1.807, 2.05) is 24.3 Å². The molecule has 206 valence electrons. The summed E-state index contributed by atoms with van der Waals surface area (Å²) in [5, 5.41) is 0. The Balaban J connectivity index is 1.48. The average Bonchev–Trinajstić information content (AvgIpc) is 3.02. The molecule has 2 heterocycles. The quantitative estimate of drug-likeness (QED) is 0.202. The fraction of sp³-hybridized carbons (Fsp3) is 0.167. The number of hydrogen-bond acceptors (Lipinski definition) is 2. The molecule has 2 aliphatic heterocycles. The molecule has 5 aromatic rings. The van der Waals surface area contributed by atoms with Gasteiger partial charge in [-0.3, -0.25) is 0 Å². The number of para-hydroxylation sites is 1. The summed E-state index contributed by atoms with van der Waals surface area (Å²) in [6, 6.07) is 31.0. The van der Waals surface area contributed by atoms with Crippen molar-refractivity contribution in [1.29, 1.82) is 0 Å². The van der Waals surface area contributed by atoms with Crippen molar-refractivity contribution in [3.63, 3.8) is 0 Å². The molecule has 0 amide bonds. The predicted molar refractivity (Wildman–Crippen MR) is 166 cm³/mol. The number of rotatable bonds is 3. The molecular weight excluding hydrogens is 528 g/mol. The van der Waals surface area contributed by atoms with Gasteiger partial charge in [-0.05, 0) is 126 Å². The van der Waals surface area contributed by atoms with Crippen molar-refractivity contribution < 1.29 is 13.2 Å². The van der Waals surface area contributed by atoms with Gasteiger partial charge < -0.3 is 9.80 Å². The lowest BCUT2D eigenvalue weighted by Crippen LogP contribution is -2.61. The summed E-state index contributed by atoms with van der Waals surface area (Å²) in [4.78, 5) is 4.35. The Labute approximate surface area is 244 Å². The van der Waals surface area contributed by atoms with Gasteiger partial charge in [0.25, 0.3) is 6.71 Å². The predicted octanol–water partition coefficient (Wildman–Crippen LogP) is 8.23. The molecule has 1 saturated carbocycles. The third kappa shape index (κ3) is 3.96. The molecule has 8 rings (SSSR count). The molecule has 0 bridgehead atoms. The van der Waals surface area contributed by atoms with Crippen molar-refractivity contribution >= 4 is 57.2 Å². The lowest BCUT2D eigenvalue weighted by Gasteiger charge is -2.44. The van der Waals surface area contributed by atoms with Crippen LogP contribution in [0.15, 0.2) is 103 Å². The fourth-order valence-electron chi connectivity index (χ4n) is 7.36. The molecule has 1 aliphatic carbocycles. The van der Waals surface area contributed by atoms with Gasteiger partial charge in [-0.15, -0.1) is 0 Å². The largest absolute Gasteiger partial charge is 0.311 e. The van der Waals surface area contributed by atoms with Gasteiger partial charge >= 0.3 is 0 Å². The summed E-state index contributed by atoms with van der Waals surface area (Å²) in [6.45, 7) is -0.372. The molecule has 0 aromatic heterocycles. The highest BCUT2D eigenvalue weighted by Crippen LogP contribution is 2.46. The summed E-state index contributed by atoms with van der Waals surface area (Å²) in [7, 11) is 0. The lowest BCUT2D eigenvalue weighted by atomic mass is 9.33. The molecule has 2 nitrogen and oxygen atoms in total. The first-order valence-electron chi connectivity index (χ1n) is 14.7. The molecule has 0 radical (unpaired) electrons. The highest BCUT2D eigenvalue weighted by Gasteiger charge is 2.44. The molecule has 1 fully saturated rings. The average molecular weight is 556 g/mol. The zero-order chi connectivity index (χ0) is 28.4. The van der Waals surface area contributed by atoms with Gasteiger partial charge in [0.1, 0.15) is 17.5 Å². The van der Waals surface area contributed by atoms with Crippen LogP contribution in [0.1, 0.15) is 43.6 Å². The summed E-state index contributed by atoms with van der Waals surface area (Å²) >= 11 is 0. The third-order valence-electron chi connectivity index (χ3n) is 9.19. The van der Waals surface area contributed by atoms with Gasteiger partial charge in [-0.2, -0.15) is 0 Å². The van der Waals surface area contributed by atoms with Gasteiger partial charge in [0.05, 0.1) is 0 Å². The highest BCUT2D eigenvalue weighted by atomic mass is 19.1. The Bertz CT molecular complexity index is 1820. The van der Waals surface area contributed by atoms with Crippen LogP contribution in [0, 0.1) is 17.5 Å². The van der Waals surface area contributed by atoms with Crippen LogP contribution in [0.3, 0.4) is 0 Å². The smallest absolute Gasteiger partial charge is 0.252 e. The van der Waals surface area contributed by atoms with Crippen molar-refractivity contribution in [3.8, 4) is 0 Å². The lowest BCUT2D eigenvalue weighted by molar-refractivity contribution is 0.444. The van der Waals surface area contributed by atoms with Crippen molar-refractivity contribution in [3.05, 3.63) is 126 Å². The van der Waals surface area contributed by atoms with Crippen LogP contribution < -0.4 is 26.2 Å². The standard InChI is InChI=1S/C36H28BF3N2/c38-25-11-15-29(16-12-25)42-33-18-14-27(40)22-31(33)37-30-21-26(39)13-17-32(30)41(28-9-5-2-6-10-28)34-19-24(20-35(42)36(34)37)23-7-3-1-4-8-23/h2,5-6,9-23H,1,3-4,7-8H2. The van der Waals surface area contributed by atoms with E-state index >= 15 is 8.78 Å². The maximum absolute atomic E-state index is 15.0. The number of benzene rings is 5. The van der Waals surface area contributed by atoms with E-state index in [9.17, 15) is 4.39 Å². The highest BCUT2D eigenvalue weighted by molar-refractivity contribution is 7.00. The van der Waals surface area contributed by atoms with Crippen LogP contribution >= 0.6 is 0 Å². The Hall–Kier alpha value is -4.45. The topological polar surface area (TPSA) is 6.48 Å². The van der Waals surface area contributed by atoms with E-state index in [-0.39, 0.29) is 24.2 Å². The van der Waals surface area contributed by atoms with Crippen molar-refractivity contribution in [1.82, 2.24) is 0 Å². The van der Waals surface area contributed by atoms with E-state index in [2.05, 4.69) is 34.1 Å². The SMILES string of the molecule is Fc1ccc(N2c3ccc(F)cc3B3c4cc(F)ccc4N(c4ccccc4)c4cc(C5CCCCC5)cc2c43)cc1. The first-order chi connectivity index (χ1) is 20.6. The zero-order valence-electron chi connectivity index (χ0n) is 23.0. The Morgan fingerprint density at radius 1 is 0.524 bits per heavy atom. The molecule has 42 heavy (non-hydrogen) atoms. The van der Waals surface area contributed by atoms with Gasteiger partial charge in [-0.25, -0.2) is 13.2 Å². The van der Waals surface area contributed by atoms with Crippen LogP contribution in [0.2, 0.25) is 0 Å². The van der Waals surface area contributed by atoms with Gasteiger partial charge in [-0.1, -0.05) is 37.5 Å². The summed E-state index contributed by atoms with van der Waals surface area (Å²) in [5.41, 5.74) is 9.29. The number of fused-ring (bicyclic) bond motifs is 4. The minimum Gasteiger partial charge on any atom is -0.311 e. The van der Waals surface area contributed by atoms with E-state index < -0.39 is 0 Å². The van der Waals surface area contributed by atoms with E-state index in [4.69, 9.17) is 0 Å². The van der Waals surface area contributed by atoms with Crippen LogP contribution in [-0.2, 0) is 0 Å². The second kappa shape index (κ2) is 9.83. The van der Waals surface area contributed by atoms with E-state index in [1.54, 1.807) is 30.3 Å². The van der Waals surface area contributed by atoms with Crippen LogP contribution in [0.5, 0.6) is 0 Å². The molecule has 0 spiro atoms. The number of hydrogen-bond donors (Lipinski definition) is 0. The van der Waals surface area contributed by atoms with E-state index in [0.717, 1.165) is 63.4 Å². The maximum atomic E-state index is 15.0. The normalized spacial score (nSPS) is 15.7. The van der Waals surface area contributed by atoms with Gasteiger partial charge in [0.15, 0.2) is 0 Å². The minimum atomic E-state index is -0.372. The molecule has 0 saturated heterocycles. The fourth-order valence-corrected chi connectivity index (χ4v) is 7.36. The number of nitrogens with zero attached hydrogens (tertiary/aromatic N) is 2. The number of anilines is 6. The molecule has 6 heteroatoms. The van der Waals surface area contributed by atoms with Gasteiger partial charge in [0, 0.05) is 34.1 Å². The third-order valence-corrected chi connectivity index (χ3v) is 9.19. The number of halogens is 3. The van der Waals surface area contributed by atoms with Gasteiger partial charge in [0.2, 0.25) is 0 Å². The Kier molecular flexibility index (Phi) is 5.92. The molecule has 0 N–H and O–H groups in total. The summed E-state index contributed by atoms with van der Waals surface area (Å²) < 4.78 is 44.2. The first-order valence-corrected chi connectivity index (χ1v) is 14.7. The van der Waals surface area contributed by atoms with Crippen molar-refractivity contribution in [2.75, 3.05) is 9.80 Å². The van der Waals surface area contributed by atoms with Crippen LogP contribution in [0.4, 0.5) is 47.3 Å². The monoisotopic (exact) mass is 556 g/mol. The molecule has 0 unspecified atom stereocenters. The Morgan fingerprint density at radius 2 is 1.05 bits per heavy atom.